The first kappa shape index (κ1) is 21.8. The molecule has 166 valence electrons. The molecule has 7 nitrogen and oxygen atoms in total. The number of benzene rings is 2. The van der Waals surface area contributed by atoms with Crippen LogP contribution in [0.3, 0.4) is 0 Å². The van der Waals surface area contributed by atoms with Crippen molar-refractivity contribution in [1.29, 1.82) is 0 Å². The molecule has 32 heavy (non-hydrogen) atoms. The number of aryl methyl sites for hydroxylation is 1. The highest BCUT2D eigenvalue weighted by Crippen LogP contribution is 2.30. The van der Waals surface area contributed by atoms with Crippen molar-refractivity contribution < 1.29 is 23.2 Å². The van der Waals surface area contributed by atoms with E-state index in [4.69, 9.17) is 5.73 Å². The summed E-state index contributed by atoms with van der Waals surface area (Å²) in [6.45, 7) is 0.357. The van der Waals surface area contributed by atoms with E-state index >= 15 is 0 Å². The first-order valence-corrected chi connectivity index (χ1v) is 11.0. The fourth-order valence-electron chi connectivity index (χ4n) is 3.72. The van der Waals surface area contributed by atoms with Gasteiger partial charge in [-0.3, -0.25) is 9.36 Å². The molecule has 0 bridgehead atoms. The van der Waals surface area contributed by atoms with Gasteiger partial charge in [0.15, 0.2) is 17.4 Å². The number of Topliss-reactive ketones (excluding diaryl/α,β-unsaturated/α-hetero) is 1. The standard InChI is InChI=1S/C22H20F2N4O3S/c23-15-6-3-4-13(19(15)24)8-9-18(29)20-27(10-11-32-20)22(31)26-16-12-28(21(25)30)17-7-2-1-5-14(16)17/h1-7,12,20H,8-11H2,(H2,25,30)(H,26,31)/t20-/m0/s1. The molecule has 2 aromatic carbocycles. The van der Waals surface area contributed by atoms with Crippen LogP contribution in [0.4, 0.5) is 24.1 Å². The molecular formula is C22H20F2N4O3S. The highest BCUT2D eigenvalue weighted by Gasteiger charge is 2.35. The zero-order valence-corrected chi connectivity index (χ0v) is 17.7. The Morgan fingerprint density at radius 3 is 2.69 bits per heavy atom. The number of primary amides is 1. The molecule has 1 aliphatic rings. The number of nitrogens with two attached hydrogens (primary N) is 1. The second kappa shape index (κ2) is 8.99. The average molecular weight is 458 g/mol. The number of thioether (sulfide) groups is 1. The number of anilines is 1. The molecule has 10 heteroatoms. The van der Waals surface area contributed by atoms with Gasteiger partial charge < -0.3 is 16.0 Å². The summed E-state index contributed by atoms with van der Waals surface area (Å²) in [6, 6.07) is 9.66. The number of hydrogen-bond acceptors (Lipinski definition) is 4. The third-order valence-corrected chi connectivity index (χ3v) is 6.54. The molecule has 0 spiro atoms. The highest BCUT2D eigenvalue weighted by molar-refractivity contribution is 8.00. The van der Waals surface area contributed by atoms with Gasteiger partial charge in [0, 0.05) is 30.3 Å². The maximum absolute atomic E-state index is 13.9. The summed E-state index contributed by atoms with van der Waals surface area (Å²) in [5.74, 6) is -1.59. The molecule has 3 amide bonds. The molecule has 4 rings (SSSR count). The lowest BCUT2D eigenvalue weighted by molar-refractivity contribution is -0.120. The average Bonchev–Trinajstić information content (AvgIpc) is 3.40. The largest absolute Gasteiger partial charge is 0.351 e. The van der Waals surface area contributed by atoms with Crippen molar-refractivity contribution in [3.05, 3.63) is 65.9 Å². The molecule has 0 unspecified atom stereocenters. The number of amides is 3. The lowest BCUT2D eigenvalue weighted by Gasteiger charge is -2.23. The van der Waals surface area contributed by atoms with E-state index in [-0.39, 0.29) is 24.2 Å². The van der Waals surface area contributed by atoms with Crippen LogP contribution in [0.1, 0.15) is 12.0 Å². The summed E-state index contributed by atoms with van der Waals surface area (Å²) in [5, 5.41) is 2.67. The molecule has 1 saturated heterocycles. The van der Waals surface area contributed by atoms with Gasteiger partial charge in [0.1, 0.15) is 5.37 Å². The normalized spacial score (nSPS) is 15.8. The van der Waals surface area contributed by atoms with Crippen LogP contribution in [0.15, 0.2) is 48.7 Å². The first-order chi connectivity index (χ1) is 15.4. The molecule has 2 heterocycles. The quantitative estimate of drug-likeness (QED) is 0.605. The van der Waals surface area contributed by atoms with Crippen molar-refractivity contribution in [3.63, 3.8) is 0 Å². The summed E-state index contributed by atoms with van der Waals surface area (Å²) in [7, 11) is 0. The number of urea groups is 1. The molecule has 0 saturated carbocycles. The van der Waals surface area contributed by atoms with E-state index < -0.39 is 29.1 Å². The van der Waals surface area contributed by atoms with E-state index in [0.717, 1.165) is 6.07 Å². The zero-order valence-electron chi connectivity index (χ0n) is 16.9. The van der Waals surface area contributed by atoms with Crippen molar-refractivity contribution in [2.24, 2.45) is 5.73 Å². The Bertz CT molecular complexity index is 1210. The van der Waals surface area contributed by atoms with Gasteiger partial charge in [-0.2, -0.15) is 0 Å². The fourth-order valence-corrected chi connectivity index (χ4v) is 4.93. The Morgan fingerprint density at radius 1 is 1.12 bits per heavy atom. The van der Waals surface area contributed by atoms with E-state index in [2.05, 4.69) is 5.32 Å². The van der Waals surface area contributed by atoms with Crippen molar-refractivity contribution in [2.45, 2.75) is 18.2 Å². The minimum absolute atomic E-state index is 0.0250. The molecule has 1 aromatic heterocycles. The second-order valence-electron chi connectivity index (χ2n) is 7.29. The molecule has 0 aliphatic carbocycles. The van der Waals surface area contributed by atoms with Gasteiger partial charge in [-0.05, 0) is 24.1 Å². The lowest BCUT2D eigenvalue weighted by atomic mass is 10.1. The number of fused-ring (bicyclic) bond motifs is 1. The fraction of sp³-hybridized carbons (Fsp3) is 0.227. The Balaban J connectivity index is 1.47. The van der Waals surface area contributed by atoms with Gasteiger partial charge >= 0.3 is 12.1 Å². The molecule has 1 fully saturated rings. The van der Waals surface area contributed by atoms with Crippen LogP contribution >= 0.6 is 11.8 Å². The smallest absolute Gasteiger partial charge is 0.323 e. The van der Waals surface area contributed by atoms with Crippen LogP contribution in [0, 0.1) is 11.6 Å². The predicted molar refractivity (Wildman–Crippen MR) is 119 cm³/mol. The van der Waals surface area contributed by atoms with E-state index in [1.54, 1.807) is 24.3 Å². The van der Waals surface area contributed by atoms with Crippen LogP contribution < -0.4 is 11.1 Å². The van der Waals surface area contributed by atoms with Crippen LogP contribution in [0.2, 0.25) is 0 Å². The van der Waals surface area contributed by atoms with Crippen LogP contribution in [0.5, 0.6) is 0 Å². The Hall–Kier alpha value is -3.40. The SMILES string of the molecule is NC(=O)n1cc(NC(=O)N2CCS[C@H]2C(=O)CCc2cccc(F)c2F)c2ccccc21. The van der Waals surface area contributed by atoms with Gasteiger partial charge in [-0.1, -0.05) is 30.3 Å². The number of carbonyl (C=O) groups is 3. The van der Waals surface area contributed by atoms with E-state index in [0.29, 0.717) is 28.9 Å². The maximum Gasteiger partial charge on any atom is 0.323 e. The third-order valence-electron chi connectivity index (χ3n) is 5.29. The number of ketones is 1. The van der Waals surface area contributed by atoms with Gasteiger partial charge in [-0.25, -0.2) is 18.4 Å². The van der Waals surface area contributed by atoms with Gasteiger partial charge in [0.05, 0.1) is 11.2 Å². The number of nitrogens with one attached hydrogen (secondary N) is 1. The van der Waals surface area contributed by atoms with Gasteiger partial charge in [0.2, 0.25) is 0 Å². The van der Waals surface area contributed by atoms with Crippen molar-refractivity contribution in [3.8, 4) is 0 Å². The molecule has 1 aliphatic heterocycles. The van der Waals surface area contributed by atoms with Crippen molar-refractivity contribution in [1.82, 2.24) is 9.47 Å². The van der Waals surface area contributed by atoms with Crippen LogP contribution in [0.25, 0.3) is 10.9 Å². The summed E-state index contributed by atoms with van der Waals surface area (Å²) in [6.07, 6.45) is 1.46. The number of para-hydroxylation sites is 1. The molecule has 1 atom stereocenters. The number of carbonyl (C=O) groups excluding carboxylic acids is 3. The summed E-state index contributed by atoms with van der Waals surface area (Å²) >= 11 is 1.32. The van der Waals surface area contributed by atoms with Crippen molar-refractivity contribution in [2.75, 3.05) is 17.6 Å². The summed E-state index contributed by atoms with van der Waals surface area (Å²) in [5.41, 5.74) is 6.48. The second-order valence-corrected chi connectivity index (χ2v) is 8.48. The number of halogens is 2. The van der Waals surface area contributed by atoms with E-state index in [9.17, 15) is 23.2 Å². The topological polar surface area (TPSA) is 97.4 Å². The Labute approximate surface area is 186 Å². The summed E-state index contributed by atoms with van der Waals surface area (Å²) in [4.78, 5) is 38.8. The predicted octanol–water partition coefficient (Wildman–Crippen LogP) is 3.96. The van der Waals surface area contributed by atoms with Crippen LogP contribution in [-0.2, 0) is 11.2 Å². The minimum atomic E-state index is -0.959. The molecular weight excluding hydrogens is 438 g/mol. The van der Waals surface area contributed by atoms with Crippen LogP contribution in [-0.4, -0.2) is 45.0 Å². The Kier molecular flexibility index (Phi) is 6.13. The molecule has 0 radical (unpaired) electrons. The van der Waals surface area contributed by atoms with Gasteiger partial charge in [0.25, 0.3) is 0 Å². The number of hydrogen-bond donors (Lipinski definition) is 2. The number of rotatable bonds is 5. The Morgan fingerprint density at radius 2 is 1.91 bits per heavy atom. The highest BCUT2D eigenvalue weighted by atomic mass is 32.2. The molecule has 3 N–H and O–H groups in total. The zero-order chi connectivity index (χ0) is 22.8. The van der Waals surface area contributed by atoms with Crippen molar-refractivity contribution >= 4 is 46.2 Å². The summed E-state index contributed by atoms with van der Waals surface area (Å²) < 4.78 is 28.5. The van der Waals surface area contributed by atoms with E-state index in [1.807, 2.05) is 0 Å². The maximum atomic E-state index is 13.9. The minimum Gasteiger partial charge on any atom is -0.351 e. The monoisotopic (exact) mass is 458 g/mol. The number of aromatic nitrogens is 1. The molecule has 3 aromatic rings. The lowest BCUT2D eigenvalue weighted by Crippen LogP contribution is -2.42. The van der Waals surface area contributed by atoms with E-state index in [1.165, 1.54) is 39.6 Å². The third kappa shape index (κ3) is 4.18. The number of nitrogens with zero attached hydrogens (tertiary/aromatic N) is 2. The first-order valence-electron chi connectivity index (χ1n) is 9.91. The van der Waals surface area contributed by atoms with Gasteiger partial charge in [-0.15, -0.1) is 11.8 Å².